The lowest BCUT2D eigenvalue weighted by atomic mass is 9.82. The highest BCUT2D eigenvalue weighted by molar-refractivity contribution is 6.72. The lowest BCUT2D eigenvalue weighted by molar-refractivity contribution is -0.145. The first-order valence-corrected chi connectivity index (χ1v) is 21.4. The van der Waals surface area contributed by atoms with E-state index in [-0.39, 0.29) is 24.3 Å². The van der Waals surface area contributed by atoms with Crippen LogP contribution < -0.4 is 9.80 Å². The highest BCUT2D eigenvalue weighted by Gasteiger charge is 2.67. The SMILES string of the molecule is C[C@H]1[C@H]([Si](C)(C)F)[C@@H](CCn2cc(C(CO)c3ccccc3)nn2)O[C@]12C(=O)N(c1ccccc1)c1ccc(N3C(=O)c4cccc5cccc3c45)cc12. The third-order valence-electron chi connectivity index (χ3n) is 11.6. The van der Waals surface area contributed by atoms with Crippen LogP contribution in [0.3, 0.4) is 0 Å². The van der Waals surface area contributed by atoms with Crippen LogP contribution in [-0.2, 0) is 21.7 Å². The molecular formula is C43H40FN5O4Si. The molecule has 0 aliphatic carbocycles. The molecule has 1 aromatic heterocycles. The van der Waals surface area contributed by atoms with Crippen molar-refractivity contribution >= 4 is 53.7 Å². The van der Waals surface area contributed by atoms with Crippen LogP contribution in [-0.4, -0.2) is 53.0 Å². The molecular weight excluding hydrogens is 698 g/mol. The Labute approximate surface area is 313 Å². The van der Waals surface area contributed by atoms with Crippen LogP contribution in [0.1, 0.15) is 46.4 Å². The highest BCUT2D eigenvalue weighted by Crippen LogP contribution is 2.62. The van der Waals surface area contributed by atoms with Gasteiger partial charge in [-0.15, -0.1) is 5.10 Å². The Bertz CT molecular complexity index is 2410. The Morgan fingerprint density at radius 2 is 1.59 bits per heavy atom. The van der Waals surface area contributed by atoms with Gasteiger partial charge in [0.15, 0.2) is 5.60 Å². The summed E-state index contributed by atoms with van der Waals surface area (Å²) in [5.41, 5.74) is 3.52. The zero-order chi connectivity index (χ0) is 37.4. The van der Waals surface area contributed by atoms with Gasteiger partial charge in [0.05, 0.1) is 41.3 Å². The molecule has 2 amide bonds. The van der Waals surface area contributed by atoms with E-state index in [0.29, 0.717) is 46.8 Å². The topological polar surface area (TPSA) is 101 Å². The molecule has 1 unspecified atom stereocenters. The van der Waals surface area contributed by atoms with Gasteiger partial charge in [0.1, 0.15) is 0 Å². The van der Waals surface area contributed by atoms with Gasteiger partial charge in [-0.3, -0.25) is 24.1 Å². The van der Waals surface area contributed by atoms with Gasteiger partial charge in [0.2, 0.25) is 8.41 Å². The number of fused-ring (bicyclic) bond motifs is 2. The second-order valence-electron chi connectivity index (χ2n) is 15.1. The minimum Gasteiger partial charge on any atom is -0.395 e. The van der Waals surface area contributed by atoms with Gasteiger partial charge in [-0.1, -0.05) is 84.9 Å². The number of hydrogen-bond donors (Lipinski definition) is 1. The number of ether oxygens (including phenoxy) is 1. The van der Waals surface area contributed by atoms with E-state index in [1.807, 2.05) is 128 Å². The minimum atomic E-state index is -3.46. The van der Waals surface area contributed by atoms with E-state index in [0.717, 1.165) is 22.0 Å². The van der Waals surface area contributed by atoms with Crippen molar-refractivity contribution < 1.29 is 23.5 Å². The van der Waals surface area contributed by atoms with Gasteiger partial charge in [0, 0.05) is 46.5 Å². The number of anilines is 4. The van der Waals surface area contributed by atoms with Crippen molar-refractivity contribution in [2.24, 2.45) is 5.92 Å². The van der Waals surface area contributed by atoms with Crippen LogP contribution >= 0.6 is 0 Å². The number of para-hydroxylation sites is 1. The number of aliphatic hydroxyl groups excluding tert-OH is 1. The second kappa shape index (κ2) is 12.8. The largest absolute Gasteiger partial charge is 0.395 e. The molecule has 1 fully saturated rings. The summed E-state index contributed by atoms with van der Waals surface area (Å²) in [7, 11) is -3.46. The fourth-order valence-electron chi connectivity index (χ4n) is 9.27. The van der Waals surface area contributed by atoms with Crippen LogP contribution in [0.5, 0.6) is 0 Å². The van der Waals surface area contributed by atoms with Crippen molar-refractivity contribution in [2.75, 3.05) is 16.4 Å². The summed E-state index contributed by atoms with van der Waals surface area (Å²) in [4.78, 5) is 32.6. The van der Waals surface area contributed by atoms with Crippen LogP contribution in [0.25, 0.3) is 10.8 Å². The maximum atomic E-state index is 16.7. The number of halogens is 1. The molecule has 5 aromatic carbocycles. The van der Waals surface area contributed by atoms with Crippen molar-refractivity contribution in [3.05, 3.63) is 144 Å². The van der Waals surface area contributed by atoms with Crippen LogP contribution in [0.2, 0.25) is 18.6 Å². The highest BCUT2D eigenvalue weighted by atomic mass is 28.4. The van der Waals surface area contributed by atoms with Gasteiger partial charge in [-0.25, -0.2) is 0 Å². The van der Waals surface area contributed by atoms with E-state index in [2.05, 4.69) is 10.3 Å². The third kappa shape index (κ3) is 5.17. The molecule has 1 N–H and O–H groups in total. The van der Waals surface area contributed by atoms with Crippen LogP contribution in [0.4, 0.5) is 26.9 Å². The molecule has 1 spiro atoms. The molecule has 6 aromatic rings. The summed E-state index contributed by atoms with van der Waals surface area (Å²) in [5.74, 6) is -1.27. The van der Waals surface area contributed by atoms with Crippen LogP contribution in [0, 0.1) is 5.92 Å². The molecule has 0 saturated carbocycles. The van der Waals surface area contributed by atoms with Crippen molar-refractivity contribution in [3.8, 4) is 0 Å². The molecule has 272 valence electrons. The quantitative estimate of drug-likeness (QED) is 0.118. The van der Waals surface area contributed by atoms with E-state index in [1.54, 1.807) is 27.6 Å². The number of carbonyl (C=O) groups is 2. The molecule has 11 heteroatoms. The van der Waals surface area contributed by atoms with Gasteiger partial charge < -0.3 is 14.0 Å². The smallest absolute Gasteiger partial charge is 0.268 e. The Morgan fingerprint density at radius 1 is 0.870 bits per heavy atom. The molecule has 54 heavy (non-hydrogen) atoms. The zero-order valence-electron chi connectivity index (χ0n) is 30.3. The molecule has 9 nitrogen and oxygen atoms in total. The standard InChI is InChI=1S/C43H40FN5O4Si/c1-27-40(54(2,3)44)38(22-23-47-25-35(45-46-47)33(26-50)28-12-6-4-7-13-28)53-43(27)34-24-31(20-21-36(34)49(42(43)52)30-16-8-5-9-17-30)48-37-19-11-15-29-14-10-18-32(39(29)37)41(48)51/h4-21,24-25,27,33,38,40,50H,22-23,26H2,1-3H3/t27-,33?,38+,40-,43+/m0/s1. The van der Waals surface area contributed by atoms with Gasteiger partial charge in [-0.05, 0) is 72.9 Å². The fourth-order valence-corrected chi connectivity index (χ4v) is 11.8. The van der Waals surface area contributed by atoms with Gasteiger partial charge in [-0.2, -0.15) is 0 Å². The molecule has 3 aliphatic heterocycles. The minimum absolute atomic E-state index is 0.121. The number of carbonyl (C=O) groups excluding carboxylic acids is 2. The number of aromatic nitrogens is 3. The summed E-state index contributed by atoms with van der Waals surface area (Å²) < 4.78 is 25.5. The van der Waals surface area contributed by atoms with Crippen molar-refractivity contribution in [2.45, 2.75) is 56.1 Å². The summed E-state index contributed by atoms with van der Waals surface area (Å²) in [5, 5.41) is 20.8. The first kappa shape index (κ1) is 34.3. The third-order valence-corrected chi connectivity index (χ3v) is 14.1. The first-order valence-electron chi connectivity index (χ1n) is 18.4. The Hall–Kier alpha value is -5.49. The van der Waals surface area contributed by atoms with Crippen molar-refractivity contribution in [3.63, 3.8) is 0 Å². The second-order valence-corrected chi connectivity index (χ2v) is 18.9. The summed E-state index contributed by atoms with van der Waals surface area (Å²) >= 11 is 0. The Kier molecular flexibility index (Phi) is 8.14. The number of rotatable bonds is 9. The number of hydrogen-bond acceptors (Lipinski definition) is 6. The average molecular weight is 738 g/mol. The van der Waals surface area contributed by atoms with Gasteiger partial charge >= 0.3 is 0 Å². The Balaban J connectivity index is 1.11. The predicted octanol–water partition coefficient (Wildman–Crippen LogP) is 8.39. The maximum absolute atomic E-state index is 16.7. The van der Waals surface area contributed by atoms with E-state index >= 15 is 8.90 Å². The maximum Gasteiger partial charge on any atom is 0.268 e. The predicted molar refractivity (Wildman–Crippen MR) is 209 cm³/mol. The van der Waals surface area contributed by atoms with E-state index in [4.69, 9.17) is 4.74 Å². The molecule has 5 atom stereocenters. The number of benzene rings is 5. The number of nitrogens with zero attached hydrogens (tertiary/aromatic N) is 5. The zero-order valence-corrected chi connectivity index (χ0v) is 31.3. The first-order chi connectivity index (χ1) is 26.1. The molecule has 4 heterocycles. The van der Waals surface area contributed by atoms with Crippen LogP contribution in [0.15, 0.2) is 121 Å². The van der Waals surface area contributed by atoms with E-state index in [1.165, 1.54) is 0 Å². The summed E-state index contributed by atoms with van der Waals surface area (Å²) in [6.07, 6.45) is 1.61. The molecule has 3 aliphatic rings. The summed E-state index contributed by atoms with van der Waals surface area (Å²) in [6.45, 7) is 5.58. The molecule has 9 rings (SSSR count). The van der Waals surface area contributed by atoms with Gasteiger partial charge in [0.25, 0.3) is 11.8 Å². The average Bonchev–Trinajstić information content (AvgIpc) is 3.91. The number of amides is 2. The summed E-state index contributed by atoms with van der Waals surface area (Å²) in [6, 6.07) is 36.4. The van der Waals surface area contributed by atoms with E-state index < -0.39 is 31.6 Å². The fraction of sp³-hybridized carbons (Fsp3) is 0.256. The van der Waals surface area contributed by atoms with Crippen molar-refractivity contribution in [1.29, 1.82) is 0 Å². The van der Waals surface area contributed by atoms with E-state index in [9.17, 15) is 9.90 Å². The lowest BCUT2D eigenvalue weighted by Gasteiger charge is -2.31. The lowest BCUT2D eigenvalue weighted by Crippen LogP contribution is -2.44. The van der Waals surface area contributed by atoms with Crippen molar-refractivity contribution in [1.82, 2.24) is 15.0 Å². The monoisotopic (exact) mass is 737 g/mol. The number of aryl methyl sites for hydroxylation is 1. The molecule has 0 bridgehead atoms. The number of aliphatic hydroxyl groups is 1. The Morgan fingerprint density at radius 3 is 2.31 bits per heavy atom. The molecule has 0 radical (unpaired) electrons. The normalized spacial score (nSPS) is 22.5. The molecule has 1 saturated heterocycles.